The third-order valence-electron chi connectivity index (χ3n) is 2.35. The molecule has 1 aromatic carbocycles. The lowest BCUT2D eigenvalue weighted by atomic mass is 9.93. The topological polar surface area (TPSA) is 57.5 Å². The number of aliphatic carboxylic acids is 1. The van der Waals surface area contributed by atoms with E-state index in [2.05, 4.69) is 0 Å². The lowest BCUT2D eigenvalue weighted by Crippen LogP contribution is -2.22. The van der Waals surface area contributed by atoms with Gasteiger partial charge in [-0.2, -0.15) is 0 Å². The molecule has 0 heterocycles. The van der Waals surface area contributed by atoms with Crippen LogP contribution in [0.3, 0.4) is 0 Å². The van der Waals surface area contributed by atoms with E-state index in [1.54, 1.807) is 13.8 Å². The Bertz CT molecular complexity index is 364. The average molecular weight is 222 g/mol. The van der Waals surface area contributed by atoms with E-state index in [9.17, 15) is 9.90 Å². The summed E-state index contributed by atoms with van der Waals surface area (Å²) in [5.41, 5.74) is 1.27. The second-order valence-corrected chi connectivity index (χ2v) is 4.65. The summed E-state index contributed by atoms with van der Waals surface area (Å²) in [7, 11) is 0. The van der Waals surface area contributed by atoms with Crippen LogP contribution in [0.1, 0.15) is 31.4 Å². The van der Waals surface area contributed by atoms with Crippen LogP contribution in [0.2, 0.25) is 0 Å². The van der Waals surface area contributed by atoms with Gasteiger partial charge in [-0.15, -0.1) is 0 Å². The first-order chi connectivity index (χ1) is 7.38. The number of hydrogen-bond acceptors (Lipinski definition) is 2. The first-order valence-corrected chi connectivity index (χ1v) is 5.39. The van der Waals surface area contributed by atoms with Gasteiger partial charge in [0, 0.05) is 12.8 Å². The van der Waals surface area contributed by atoms with E-state index < -0.39 is 11.6 Å². The first-order valence-electron chi connectivity index (χ1n) is 5.39. The molecule has 0 radical (unpaired) electrons. The van der Waals surface area contributed by atoms with E-state index in [-0.39, 0.29) is 6.42 Å². The first kappa shape index (κ1) is 12.7. The molecule has 0 saturated heterocycles. The summed E-state index contributed by atoms with van der Waals surface area (Å²) in [6.07, 6.45) is 1.19. The van der Waals surface area contributed by atoms with Gasteiger partial charge in [-0.3, -0.25) is 4.79 Å². The maximum absolute atomic E-state index is 10.5. The fraction of sp³-hybridized carbons (Fsp3) is 0.462. The van der Waals surface area contributed by atoms with Crippen LogP contribution in [-0.2, 0) is 17.6 Å². The van der Waals surface area contributed by atoms with Gasteiger partial charge in [-0.25, -0.2) is 0 Å². The number of hydrogen-bond donors (Lipinski definition) is 2. The van der Waals surface area contributed by atoms with Crippen LogP contribution < -0.4 is 0 Å². The summed E-state index contributed by atoms with van der Waals surface area (Å²) < 4.78 is 0. The van der Waals surface area contributed by atoms with Crippen molar-refractivity contribution in [1.29, 1.82) is 0 Å². The van der Waals surface area contributed by atoms with Crippen molar-refractivity contribution in [2.75, 3.05) is 0 Å². The molecule has 0 saturated carbocycles. The van der Waals surface area contributed by atoms with E-state index >= 15 is 0 Å². The Morgan fingerprint density at radius 1 is 1.25 bits per heavy atom. The molecule has 0 spiro atoms. The molecule has 2 N–H and O–H groups in total. The predicted molar refractivity (Wildman–Crippen MR) is 62.4 cm³/mol. The smallest absolute Gasteiger partial charge is 0.303 e. The Balaban J connectivity index is 2.79. The highest BCUT2D eigenvalue weighted by atomic mass is 16.4. The van der Waals surface area contributed by atoms with Gasteiger partial charge >= 0.3 is 5.97 Å². The Morgan fingerprint density at radius 2 is 1.81 bits per heavy atom. The number of carboxylic acid groups (broad SMARTS) is 1. The molecule has 0 aromatic heterocycles. The SMILES string of the molecule is CC(C)(O)Cc1ccccc1CCC(=O)O. The number of rotatable bonds is 5. The second kappa shape index (κ2) is 5.12. The molecule has 16 heavy (non-hydrogen) atoms. The highest BCUT2D eigenvalue weighted by Crippen LogP contribution is 2.17. The van der Waals surface area contributed by atoms with Gasteiger partial charge in [0.05, 0.1) is 5.60 Å². The minimum absolute atomic E-state index is 0.128. The van der Waals surface area contributed by atoms with Crippen LogP contribution in [0.5, 0.6) is 0 Å². The van der Waals surface area contributed by atoms with Gasteiger partial charge in [0.25, 0.3) is 0 Å². The largest absolute Gasteiger partial charge is 0.481 e. The fourth-order valence-electron chi connectivity index (χ4n) is 1.68. The molecule has 0 aliphatic carbocycles. The van der Waals surface area contributed by atoms with E-state index in [0.717, 1.165) is 11.1 Å². The summed E-state index contributed by atoms with van der Waals surface area (Å²) in [6, 6.07) is 7.66. The summed E-state index contributed by atoms with van der Waals surface area (Å²) in [5, 5.41) is 18.4. The number of aliphatic hydroxyl groups is 1. The average Bonchev–Trinajstić information content (AvgIpc) is 2.14. The zero-order chi connectivity index (χ0) is 12.2. The minimum atomic E-state index is -0.793. The molecule has 1 aromatic rings. The quantitative estimate of drug-likeness (QED) is 0.801. The van der Waals surface area contributed by atoms with E-state index in [1.165, 1.54) is 0 Å². The molecule has 0 bridgehead atoms. The Kier molecular flexibility index (Phi) is 4.07. The summed E-state index contributed by atoms with van der Waals surface area (Å²) in [6.45, 7) is 3.50. The van der Waals surface area contributed by atoms with Crippen molar-refractivity contribution in [3.05, 3.63) is 35.4 Å². The molecule has 1 rings (SSSR count). The van der Waals surface area contributed by atoms with E-state index in [0.29, 0.717) is 12.8 Å². The van der Waals surface area contributed by atoms with Crippen molar-refractivity contribution in [3.8, 4) is 0 Å². The number of carbonyl (C=O) groups is 1. The van der Waals surface area contributed by atoms with Gasteiger partial charge in [0.1, 0.15) is 0 Å². The molecule has 88 valence electrons. The highest BCUT2D eigenvalue weighted by molar-refractivity contribution is 5.67. The van der Waals surface area contributed by atoms with Crippen molar-refractivity contribution < 1.29 is 15.0 Å². The van der Waals surface area contributed by atoms with Crippen LogP contribution in [-0.4, -0.2) is 21.8 Å². The monoisotopic (exact) mass is 222 g/mol. The van der Waals surface area contributed by atoms with Crippen LogP contribution in [0, 0.1) is 0 Å². The summed E-state index contributed by atoms with van der Waals surface area (Å²) >= 11 is 0. The maximum atomic E-state index is 10.5. The molecule has 0 aliphatic heterocycles. The zero-order valence-corrected chi connectivity index (χ0v) is 9.73. The minimum Gasteiger partial charge on any atom is -0.481 e. The van der Waals surface area contributed by atoms with Gasteiger partial charge in [0.15, 0.2) is 0 Å². The van der Waals surface area contributed by atoms with Gasteiger partial charge in [-0.05, 0) is 31.4 Å². The predicted octanol–water partition coefficient (Wildman–Crippen LogP) is 2.02. The molecular weight excluding hydrogens is 204 g/mol. The molecule has 3 nitrogen and oxygen atoms in total. The maximum Gasteiger partial charge on any atom is 0.303 e. The third kappa shape index (κ3) is 4.45. The Morgan fingerprint density at radius 3 is 2.31 bits per heavy atom. The molecule has 0 amide bonds. The number of aryl methyl sites for hydroxylation is 1. The molecule has 0 unspecified atom stereocenters. The van der Waals surface area contributed by atoms with Crippen molar-refractivity contribution in [1.82, 2.24) is 0 Å². The normalized spacial score (nSPS) is 11.4. The van der Waals surface area contributed by atoms with E-state index in [4.69, 9.17) is 5.11 Å². The van der Waals surface area contributed by atoms with Crippen molar-refractivity contribution >= 4 is 5.97 Å². The number of carboxylic acids is 1. The zero-order valence-electron chi connectivity index (χ0n) is 9.73. The molecule has 0 atom stereocenters. The fourth-order valence-corrected chi connectivity index (χ4v) is 1.68. The highest BCUT2D eigenvalue weighted by Gasteiger charge is 2.15. The van der Waals surface area contributed by atoms with Crippen molar-refractivity contribution in [2.45, 2.75) is 38.7 Å². The lowest BCUT2D eigenvalue weighted by molar-refractivity contribution is -0.136. The molecule has 3 heteroatoms. The van der Waals surface area contributed by atoms with Crippen LogP contribution in [0.4, 0.5) is 0 Å². The molecule has 0 aliphatic rings. The van der Waals surface area contributed by atoms with E-state index in [1.807, 2.05) is 24.3 Å². The Labute approximate surface area is 95.7 Å². The lowest BCUT2D eigenvalue weighted by Gasteiger charge is -2.19. The summed E-state index contributed by atoms with van der Waals surface area (Å²) in [4.78, 5) is 10.5. The van der Waals surface area contributed by atoms with Gasteiger partial charge in [-0.1, -0.05) is 24.3 Å². The molecule has 0 fully saturated rings. The Hall–Kier alpha value is -1.35. The van der Waals surface area contributed by atoms with Crippen LogP contribution in [0.15, 0.2) is 24.3 Å². The van der Waals surface area contributed by atoms with Crippen LogP contribution >= 0.6 is 0 Å². The van der Waals surface area contributed by atoms with Gasteiger partial charge in [0.2, 0.25) is 0 Å². The van der Waals surface area contributed by atoms with Crippen molar-refractivity contribution in [2.24, 2.45) is 0 Å². The van der Waals surface area contributed by atoms with Gasteiger partial charge < -0.3 is 10.2 Å². The standard InChI is InChI=1S/C13H18O3/c1-13(2,16)9-11-6-4-3-5-10(11)7-8-12(14)15/h3-6,16H,7-9H2,1-2H3,(H,14,15). The molecular formula is C13H18O3. The third-order valence-corrected chi connectivity index (χ3v) is 2.35. The number of benzene rings is 1. The van der Waals surface area contributed by atoms with Crippen molar-refractivity contribution in [3.63, 3.8) is 0 Å². The second-order valence-electron chi connectivity index (χ2n) is 4.65. The van der Waals surface area contributed by atoms with Crippen LogP contribution in [0.25, 0.3) is 0 Å². The summed E-state index contributed by atoms with van der Waals surface area (Å²) in [5.74, 6) is -0.793.